The molecule has 0 aliphatic heterocycles. The number of esters is 1. The van der Waals surface area contributed by atoms with Crippen molar-refractivity contribution in [2.24, 2.45) is 0 Å². The Labute approximate surface area is 110 Å². The number of hydrogen-bond donors (Lipinski definition) is 0. The number of carbonyl (C=O) groups excluding carboxylic acids is 1. The van der Waals surface area contributed by atoms with Gasteiger partial charge in [-0.2, -0.15) is 0 Å². The Hall–Kier alpha value is -1.62. The van der Waals surface area contributed by atoms with Gasteiger partial charge in [-0.15, -0.1) is 0 Å². The second kappa shape index (κ2) is 5.35. The van der Waals surface area contributed by atoms with E-state index in [2.05, 4.69) is 0 Å². The summed E-state index contributed by atoms with van der Waals surface area (Å²) < 4.78 is 5.11. The highest BCUT2D eigenvalue weighted by atomic mass is 35.5. The van der Waals surface area contributed by atoms with E-state index in [9.17, 15) is 14.9 Å². The highest BCUT2D eigenvalue weighted by Gasteiger charge is 2.23. The van der Waals surface area contributed by atoms with Crippen molar-refractivity contribution in [2.75, 3.05) is 0 Å². The standard InChI is InChI=1S/C12H14ClNO4/c1-12(2,3)18-10(15)7-8-5-4-6-9(13)11(8)14(16)17/h4-6H,7H2,1-3H3. The molecule has 0 N–H and O–H groups in total. The number of halogens is 1. The van der Waals surface area contributed by atoms with Crippen LogP contribution in [-0.4, -0.2) is 16.5 Å². The third-order valence-corrected chi connectivity index (χ3v) is 2.31. The molecule has 0 spiro atoms. The largest absolute Gasteiger partial charge is 0.460 e. The van der Waals surface area contributed by atoms with Crippen LogP contribution in [0.2, 0.25) is 5.02 Å². The van der Waals surface area contributed by atoms with Crippen LogP contribution in [0.3, 0.4) is 0 Å². The number of carbonyl (C=O) groups is 1. The highest BCUT2D eigenvalue weighted by Crippen LogP contribution is 2.28. The first-order chi connectivity index (χ1) is 8.20. The number of nitro groups is 1. The number of benzene rings is 1. The topological polar surface area (TPSA) is 69.4 Å². The minimum atomic E-state index is -0.621. The molecule has 0 bridgehead atoms. The Morgan fingerprint density at radius 2 is 2.06 bits per heavy atom. The molecule has 6 heteroatoms. The van der Waals surface area contributed by atoms with Crippen molar-refractivity contribution in [3.8, 4) is 0 Å². The maximum absolute atomic E-state index is 11.6. The number of nitrogens with zero attached hydrogens (tertiary/aromatic N) is 1. The predicted octanol–water partition coefficient (Wildman–Crippen LogP) is 3.13. The van der Waals surface area contributed by atoms with Gasteiger partial charge in [-0.25, -0.2) is 0 Å². The van der Waals surface area contributed by atoms with Gasteiger partial charge in [0.15, 0.2) is 0 Å². The molecule has 0 aromatic heterocycles. The molecule has 0 aliphatic rings. The minimum absolute atomic E-state index is 0.0149. The van der Waals surface area contributed by atoms with Crippen LogP contribution in [0, 0.1) is 10.1 Å². The van der Waals surface area contributed by atoms with Crippen LogP contribution in [-0.2, 0) is 16.0 Å². The Bertz CT molecular complexity index is 479. The van der Waals surface area contributed by atoms with Gasteiger partial charge in [0, 0.05) is 5.56 Å². The van der Waals surface area contributed by atoms with E-state index in [0.717, 1.165) is 0 Å². The Kier molecular flexibility index (Phi) is 4.29. The van der Waals surface area contributed by atoms with E-state index in [0.29, 0.717) is 0 Å². The zero-order valence-corrected chi connectivity index (χ0v) is 11.2. The van der Waals surface area contributed by atoms with E-state index in [1.165, 1.54) is 12.1 Å². The third kappa shape index (κ3) is 4.00. The first-order valence-electron chi connectivity index (χ1n) is 5.34. The number of ether oxygens (including phenoxy) is 1. The van der Waals surface area contributed by atoms with Gasteiger partial charge >= 0.3 is 5.97 Å². The Balaban J connectivity index is 2.95. The zero-order valence-electron chi connectivity index (χ0n) is 10.4. The summed E-state index contributed by atoms with van der Waals surface area (Å²) in [6, 6.07) is 4.47. The van der Waals surface area contributed by atoms with Crippen molar-refractivity contribution in [2.45, 2.75) is 32.8 Å². The van der Waals surface area contributed by atoms with Crippen molar-refractivity contribution in [3.63, 3.8) is 0 Å². The molecule has 0 unspecified atom stereocenters. The molecule has 98 valence electrons. The van der Waals surface area contributed by atoms with E-state index in [4.69, 9.17) is 16.3 Å². The first-order valence-corrected chi connectivity index (χ1v) is 5.72. The van der Waals surface area contributed by atoms with E-state index in [-0.39, 0.29) is 22.7 Å². The van der Waals surface area contributed by atoms with Crippen molar-refractivity contribution in [1.82, 2.24) is 0 Å². The molecule has 1 aromatic rings. The predicted molar refractivity (Wildman–Crippen MR) is 67.7 cm³/mol. The van der Waals surface area contributed by atoms with Gasteiger partial charge in [0.1, 0.15) is 10.6 Å². The van der Waals surface area contributed by atoms with Crippen LogP contribution in [0.4, 0.5) is 5.69 Å². The highest BCUT2D eigenvalue weighted by molar-refractivity contribution is 6.32. The van der Waals surface area contributed by atoms with Crippen LogP contribution < -0.4 is 0 Å². The molecule has 18 heavy (non-hydrogen) atoms. The average Bonchev–Trinajstić information content (AvgIpc) is 2.13. The molecular formula is C12H14ClNO4. The summed E-state index contributed by atoms with van der Waals surface area (Å²) in [4.78, 5) is 21.9. The van der Waals surface area contributed by atoms with Gasteiger partial charge in [-0.05, 0) is 26.8 Å². The molecule has 0 heterocycles. The minimum Gasteiger partial charge on any atom is -0.460 e. The fourth-order valence-corrected chi connectivity index (χ4v) is 1.70. The second-order valence-electron chi connectivity index (χ2n) is 4.77. The first kappa shape index (κ1) is 14.4. The fourth-order valence-electron chi connectivity index (χ4n) is 1.44. The molecule has 0 radical (unpaired) electrons. The summed E-state index contributed by atoms with van der Waals surface area (Å²) in [6.45, 7) is 5.20. The average molecular weight is 272 g/mol. The molecule has 1 aromatic carbocycles. The smallest absolute Gasteiger partial charge is 0.311 e. The van der Waals surface area contributed by atoms with E-state index < -0.39 is 16.5 Å². The summed E-state index contributed by atoms with van der Waals surface area (Å²) in [5, 5.41) is 10.9. The Morgan fingerprint density at radius 3 is 2.56 bits per heavy atom. The molecule has 0 amide bonds. The van der Waals surface area contributed by atoms with Gasteiger partial charge in [0.25, 0.3) is 5.69 Å². The summed E-state index contributed by atoms with van der Waals surface area (Å²) in [5.74, 6) is -0.520. The molecular weight excluding hydrogens is 258 g/mol. The molecule has 0 aliphatic carbocycles. The number of para-hydroxylation sites is 1. The van der Waals surface area contributed by atoms with Crippen LogP contribution in [0.25, 0.3) is 0 Å². The van der Waals surface area contributed by atoms with Crippen molar-refractivity contribution in [3.05, 3.63) is 38.9 Å². The fraction of sp³-hybridized carbons (Fsp3) is 0.417. The van der Waals surface area contributed by atoms with E-state index >= 15 is 0 Å². The van der Waals surface area contributed by atoms with Gasteiger partial charge in [0.05, 0.1) is 11.3 Å². The number of hydrogen-bond acceptors (Lipinski definition) is 4. The zero-order chi connectivity index (χ0) is 13.9. The molecule has 1 rings (SSSR count). The van der Waals surface area contributed by atoms with Gasteiger partial charge in [-0.1, -0.05) is 23.7 Å². The van der Waals surface area contributed by atoms with Gasteiger partial charge < -0.3 is 4.74 Å². The monoisotopic (exact) mass is 271 g/mol. The maximum Gasteiger partial charge on any atom is 0.311 e. The summed E-state index contributed by atoms with van der Waals surface area (Å²) >= 11 is 5.75. The molecule has 0 saturated heterocycles. The number of rotatable bonds is 3. The molecule has 0 fully saturated rings. The van der Waals surface area contributed by atoms with Crippen molar-refractivity contribution in [1.29, 1.82) is 0 Å². The Morgan fingerprint density at radius 1 is 1.44 bits per heavy atom. The van der Waals surface area contributed by atoms with Crippen LogP contribution in [0.5, 0.6) is 0 Å². The lowest BCUT2D eigenvalue weighted by molar-refractivity contribution is -0.385. The second-order valence-corrected chi connectivity index (χ2v) is 5.18. The van der Waals surface area contributed by atoms with Crippen LogP contribution in [0.1, 0.15) is 26.3 Å². The summed E-state index contributed by atoms with van der Waals surface area (Å²) in [5.41, 5.74) is -0.614. The maximum atomic E-state index is 11.6. The number of nitro benzene ring substituents is 1. The van der Waals surface area contributed by atoms with E-state index in [1.807, 2.05) is 0 Å². The summed E-state index contributed by atoms with van der Waals surface area (Å²) in [6.07, 6.45) is -0.172. The normalized spacial score (nSPS) is 11.1. The van der Waals surface area contributed by atoms with E-state index in [1.54, 1.807) is 26.8 Å². The van der Waals surface area contributed by atoms with Gasteiger partial charge in [0.2, 0.25) is 0 Å². The SMILES string of the molecule is CC(C)(C)OC(=O)Cc1cccc(Cl)c1[N+](=O)[O-]. The lowest BCUT2D eigenvalue weighted by Crippen LogP contribution is -2.25. The van der Waals surface area contributed by atoms with Crippen molar-refractivity contribution < 1.29 is 14.5 Å². The quantitative estimate of drug-likeness (QED) is 0.481. The molecule has 5 nitrogen and oxygen atoms in total. The lowest BCUT2D eigenvalue weighted by atomic mass is 10.1. The van der Waals surface area contributed by atoms with Gasteiger partial charge in [-0.3, -0.25) is 14.9 Å². The summed E-state index contributed by atoms with van der Waals surface area (Å²) in [7, 11) is 0. The molecule has 0 saturated carbocycles. The van der Waals surface area contributed by atoms with Crippen LogP contribution >= 0.6 is 11.6 Å². The third-order valence-electron chi connectivity index (χ3n) is 2.01. The van der Waals surface area contributed by atoms with Crippen LogP contribution in [0.15, 0.2) is 18.2 Å². The van der Waals surface area contributed by atoms with Crippen molar-refractivity contribution >= 4 is 23.3 Å². The lowest BCUT2D eigenvalue weighted by Gasteiger charge is -2.19. The molecule has 0 atom stereocenters.